The molecule has 2 atom stereocenters. The minimum atomic E-state index is -0.213. The Morgan fingerprint density at radius 2 is 2.35 bits per heavy atom. The van der Waals surface area contributed by atoms with Crippen molar-refractivity contribution < 1.29 is 9.53 Å². The number of nitrogens with one attached hydrogen (secondary N) is 1. The second-order valence-electron chi connectivity index (χ2n) is 6.59. The van der Waals surface area contributed by atoms with Crippen LogP contribution in [0.5, 0.6) is 0 Å². The standard InChI is InChI=1S/C16H16N6O3S/c1-8-12-14(23)17-7-18-15(12)26-13(8)16(24)21-3-2-11-10(5-21)22-9(6-25-11)4-19-20-22/h4,7,10-11H,2-3,5-6H2,1H3,(H,17,18,23)/t10-,11-/m1/s1. The third-order valence-corrected chi connectivity index (χ3v) is 6.33. The lowest BCUT2D eigenvalue weighted by Gasteiger charge is -2.40. The van der Waals surface area contributed by atoms with Gasteiger partial charge in [0.05, 0.1) is 47.2 Å². The van der Waals surface area contributed by atoms with E-state index in [1.807, 2.05) is 9.58 Å². The fourth-order valence-electron chi connectivity index (χ4n) is 3.79. The van der Waals surface area contributed by atoms with Gasteiger partial charge in [-0.3, -0.25) is 9.59 Å². The average Bonchev–Trinajstić information content (AvgIpc) is 3.26. The van der Waals surface area contributed by atoms with Gasteiger partial charge < -0.3 is 14.6 Å². The molecular formula is C16H16N6O3S. The van der Waals surface area contributed by atoms with Crippen LogP contribution in [0.15, 0.2) is 17.3 Å². The number of H-pyrrole nitrogens is 1. The maximum Gasteiger partial charge on any atom is 0.264 e. The second-order valence-corrected chi connectivity index (χ2v) is 7.59. The molecule has 2 aliphatic rings. The zero-order valence-electron chi connectivity index (χ0n) is 14.0. The molecule has 1 amide bonds. The van der Waals surface area contributed by atoms with E-state index in [-0.39, 0.29) is 23.6 Å². The van der Waals surface area contributed by atoms with Gasteiger partial charge in [-0.2, -0.15) is 0 Å². The largest absolute Gasteiger partial charge is 0.370 e. The van der Waals surface area contributed by atoms with Gasteiger partial charge >= 0.3 is 0 Å². The Balaban J connectivity index is 1.48. The normalized spacial score (nSPS) is 22.3. The summed E-state index contributed by atoms with van der Waals surface area (Å²) in [7, 11) is 0. The fourth-order valence-corrected chi connectivity index (χ4v) is 4.91. The molecule has 0 unspecified atom stereocenters. The van der Waals surface area contributed by atoms with Crippen LogP contribution in [0.25, 0.3) is 10.2 Å². The van der Waals surface area contributed by atoms with Crippen molar-refractivity contribution in [2.45, 2.75) is 32.1 Å². The number of piperidine rings is 1. The van der Waals surface area contributed by atoms with E-state index in [1.165, 1.54) is 17.7 Å². The summed E-state index contributed by atoms with van der Waals surface area (Å²) >= 11 is 1.27. The van der Waals surface area contributed by atoms with E-state index in [9.17, 15) is 9.59 Å². The third kappa shape index (κ3) is 2.22. The Morgan fingerprint density at radius 1 is 1.46 bits per heavy atom. The first-order valence-electron chi connectivity index (χ1n) is 8.40. The molecule has 5 heterocycles. The summed E-state index contributed by atoms with van der Waals surface area (Å²) < 4.78 is 7.77. The summed E-state index contributed by atoms with van der Waals surface area (Å²) in [5.74, 6) is -0.0735. The lowest BCUT2D eigenvalue weighted by Crippen LogP contribution is -2.49. The van der Waals surface area contributed by atoms with Crippen molar-refractivity contribution in [3.05, 3.63) is 39.0 Å². The van der Waals surface area contributed by atoms with E-state index in [1.54, 1.807) is 13.1 Å². The number of hydrogen-bond acceptors (Lipinski definition) is 7. The number of aromatic nitrogens is 5. The van der Waals surface area contributed by atoms with E-state index >= 15 is 0 Å². The first kappa shape index (κ1) is 15.6. The van der Waals surface area contributed by atoms with Gasteiger partial charge in [0.1, 0.15) is 4.83 Å². The highest BCUT2D eigenvalue weighted by molar-refractivity contribution is 7.20. The molecule has 0 spiro atoms. The highest BCUT2D eigenvalue weighted by atomic mass is 32.1. The molecule has 3 aromatic heterocycles. The van der Waals surface area contributed by atoms with E-state index in [2.05, 4.69) is 20.3 Å². The van der Waals surface area contributed by atoms with Crippen molar-refractivity contribution in [3.63, 3.8) is 0 Å². The minimum Gasteiger partial charge on any atom is -0.370 e. The average molecular weight is 372 g/mol. The highest BCUT2D eigenvalue weighted by Gasteiger charge is 2.38. The maximum atomic E-state index is 13.1. The smallest absolute Gasteiger partial charge is 0.264 e. The lowest BCUT2D eigenvalue weighted by atomic mass is 10.00. The number of amides is 1. The fraction of sp³-hybridized carbons (Fsp3) is 0.438. The second kappa shape index (κ2) is 5.71. The van der Waals surface area contributed by atoms with Crippen LogP contribution in [-0.2, 0) is 11.3 Å². The van der Waals surface area contributed by atoms with Gasteiger partial charge in [-0.05, 0) is 18.9 Å². The summed E-state index contributed by atoms with van der Waals surface area (Å²) in [6, 6.07) is -0.0323. The van der Waals surface area contributed by atoms with Crippen LogP contribution in [0.3, 0.4) is 0 Å². The van der Waals surface area contributed by atoms with E-state index in [0.29, 0.717) is 40.4 Å². The number of likely N-dealkylation sites (tertiary alicyclic amines) is 1. The number of fused-ring (bicyclic) bond motifs is 4. The zero-order valence-corrected chi connectivity index (χ0v) is 14.8. The van der Waals surface area contributed by atoms with Crippen LogP contribution in [0.1, 0.15) is 33.4 Å². The van der Waals surface area contributed by atoms with Crippen molar-refractivity contribution >= 4 is 27.5 Å². The molecule has 0 radical (unpaired) electrons. The van der Waals surface area contributed by atoms with Crippen molar-refractivity contribution in [1.82, 2.24) is 29.9 Å². The molecule has 0 saturated carbocycles. The molecule has 1 fully saturated rings. The molecule has 26 heavy (non-hydrogen) atoms. The SMILES string of the molecule is Cc1c(C(=O)N2CC[C@H]3OCc4cnnn4[C@@H]3C2)sc2nc[nH]c(=O)c12. The van der Waals surface area contributed by atoms with Gasteiger partial charge in [0.2, 0.25) is 0 Å². The molecule has 5 rings (SSSR count). The summed E-state index contributed by atoms with van der Waals surface area (Å²) in [5, 5.41) is 8.62. The molecule has 3 aromatic rings. The highest BCUT2D eigenvalue weighted by Crippen LogP contribution is 2.33. The molecule has 9 nitrogen and oxygen atoms in total. The Kier molecular flexibility index (Phi) is 3.44. The van der Waals surface area contributed by atoms with Crippen molar-refractivity contribution in [2.24, 2.45) is 0 Å². The Morgan fingerprint density at radius 3 is 3.19 bits per heavy atom. The van der Waals surface area contributed by atoms with Crippen molar-refractivity contribution in [3.8, 4) is 0 Å². The van der Waals surface area contributed by atoms with Crippen molar-refractivity contribution in [1.29, 1.82) is 0 Å². The number of aromatic amines is 1. The number of rotatable bonds is 1. The molecule has 1 N–H and O–H groups in total. The number of carbonyl (C=O) groups is 1. The summed E-state index contributed by atoms with van der Waals surface area (Å²) in [5.41, 5.74) is 1.40. The van der Waals surface area contributed by atoms with Crippen LogP contribution in [-0.4, -0.2) is 55.0 Å². The van der Waals surface area contributed by atoms with E-state index in [4.69, 9.17) is 4.74 Å². The van der Waals surface area contributed by atoms with Crippen LogP contribution < -0.4 is 5.56 Å². The molecule has 0 bridgehead atoms. The van der Waals surface area contributed by atoms with E-state index < -0.39 is 0 Å². The number of carbonyl (C=O) groups excluding carboxylic acids is 1. The monoisotopic (exact) mass is 372 g/mol. The van der Waals surface area contributed by atoms with Crippen LogP contribution in [0.2, 0.25) is 0 Å². The molecule has 1 saturated heterocycles. The first-order valence-corrected chi connectivity index (χ1v) is 9.22. The maximum absolute atomic E-state index is 13.1. The molecular weight excluding hydrogens is 356 g/mol. The number of aryl methyl sites for hydroxylation is 1. The lowest BCUT2D eigenvalue weighted by molar-refractivity contribution is -0.0604. The number of thiophene rings is 1. The van der Waals surface area contributed by atoms with Gasteiger partial charge in [0.15, 0.2) is 0 Å². The van der Waals surface area contributed by atoms with Gasteiger partial charge in [-0.25, -0.2) is 9.67 Å². The number of ether oxygens (including phenoxy) is 1. The Bertz CT molecular complexity index is 1070. The Hall–Kier alpha value is -2.59. The first-order chi connectivity index (χ1) is 12.6. The van der Waals surface area contributed by atoms with Crippen LogP contribution >= 0.6 is 11.3 Å². The Labute approximate surface area is 151 Å². The minimum absolute atomic E-state index is 0.0323. The molecule has 134 valence electrons. The predicted molar refractivity (Wildman–Crippen MR) is 93.1 cm³/mol. The summed E-state index contributed by atoms with van der Waals surface area (Å²) in [4.78, 5) is 34.9. The van der Waals surface area contributed by atoms with Gasteiger partial charge in [0, 0.05) is 13.1 Å². The van der Waals surface area contributed by atoms with Crippen LogP contribution in [0, 0.1) is 6.92 Å². The molecule has 0 aromatic carbocycles. The van der Waals surface area contributed by atoms with Gasteiger partial charge in [-0.15, -0.1) is 16.4 Å². The summed E-state index contributed by atoms with van der Waals surface area (Å²) in [6.07, 6.45) is 3.86. The van der Waals surface area contributed by atoms with E-state index in [0.717, 1.165) is 12.1 Å². The quantitative estimate of drug-likeness (QED) is 0.679. The van der Waals surface area contributed by atoms with Gasteiger partial charge in [-0.1, -0.05) is 5.21 Å². The molecule has 10 heteroatoms. The topological polar surface area (TPSA) is 106 Å². The van der Waals surface area contributed by atoms with Gasteiger partial charge in [0.25, 0.3) is 11.5 Å². The summed E-state index contributed by atoms with van der Waals surface area (Å²) in [6.45, 7) is 3.43. The molecule has 0 aliphatic carbocycles. The third-order valence-electron chi connectivity index (χ3n) is 5.14. The number of hydrogen-bond donors (Lipinski definition) is 1. The number of nitrogens with zero attached hydrogens (tertiary/aromatic N) is 5. The van der Waals surface area contributed by atoms with Crippen molar-refractivity contribution in [2.75, 3.05) is 13.1 Å². The molecule has 2 aliphatic heterocycles. The predicted octanol–water partition coefficient (Wildman–Crippen LogP) is 0.871. The zero-order chi connectivity index (χ0) is 17.8. The van der Waals surface area contributed by atoms with Crippen LogP contribution in [0.4, 0.5) is 0 Å².